The summed E-state index contributed by atoms with van der Waals surface area (Å²) in [6, 6.07) is 0. The molecule has 0 atom stereocenters. The predicted molar refractivity (Wildman–Crippen MR) is 24.1 cm³/mol. The normalized spacial score (nSPS) is 18.0. The third-order valence-electron chi connectivity index (χ3n) is 0.952. The molecule has 0 amide bonds. The van der Waals surface area contributed by atoms with Gasteiger partial charge in [0.05, 0.1) is 0 Å². The van der Waals surface area contributed by atoms with Gasteiger partial charge in [-0.05, 0) is 6.42 Å². The molecule has 1 aliphatic heterocycles. The molecular formula is C5H9IOZn. The fourth-order valence-corrected chi connectivity index (χ4v) is 0.580. The molecule has 0 N–H and O–H groups in total. The van der Waals surface area contributed by atoms with E-state index in [0.717, 1.165) is 13.0 Å². The van der Waals surface area contributed by atoms with E-state index in [1.807, 2.05) is 6.61 Å². The van der Waals surface area contributed by atoms with Crippen molar-refractivity contribution in [2.45, 2.75) is 19.3 Å². The number of halogens is 1. The predicted octanol–water partition coefficient (Wildman–Crippen LogP) is -1.65. The molecule has 1 fully saturated rings. The van der Waals surface area contributed by atoms with Crippen LogP contribution in [0.15, 0.2) is 0 Å². The number of hydrogen-bond acceptors (Lipinski definition) is 1. The van der Waals surface area contributed by atoms with Crippen LogP contribution in [0.1, 0.15) is 19.3 Å². The van der Waals surface area contributed by atoms with E-state index in [2.05, 4.69) is 0 Å². The van der Waals surface area contributed by atoms with Crippen molar-refractivity contribution in [2.24, 2.45) is 0 Å². The summed E-state index contributed by atoms with van der Waals surface area (Å²) in [4.78, 5) is 0. The second-order valence-electron chi connectivity index (χ2n) is 1.53. The first-order valence-corrected chi connectivity index (χ1v) is 2.43. The van der Waals surface area contributed by atoms with Gasteiger partial charge in [0.1, 0.15) is 0 Å². The van der Waals surface area contributed by atoms with Crippen LogP contribution < -0.4 is 24.0 Å². The summed E-state index contributed by atoms with van der Waals surface area (Å²) in [6.45, 7) is 2.84. The maximum Gasteiger partial charge on any atom is 2.00 e. The van der Waals surface area contributed by atoms with Crippen LogP contribution in [0.3, 0.4) is 0 Å². The van der Waals surface area contributed by atoms with Crippen LogP contribution in [0.2, 0.25) is 0 Å². The topological polar surface area (TPSA) is 9.23 Å². The molecule has 0 aromatic heterocycles. The summed E-state index contributed by atoms with van der Waals surface area (Å²) in [7, 11) is 0. The van der Waals surface area contributed by atoms with Crippen molar-refractivity contribution in [3.63, 3.8) is 0 Å². The Labute approximate surface area is 80.3 Å². The van der Waals surface area contributed by atoms with Gasteiger partial charge in [0.25, 0.3) is 0 Å². The minimum absolute atomic E-state index is 0. The van der Waals surface area contributed by atoms with Crippen LogP contribution in [0.5, 0.6) is 0 Å². The summed E-state index contributed by atoms with van der Waals surface area (Å²) in [5.41, 5.74) is 0. The molecule has 0 unspecified atom stereocenters. The average molecular weight is 277 g/mol. The monoisotopic (exact) mass is 276 g/mol. The van der Waals surface area contributed by atoms with Crippen molar-refractivity contribution in [1.82, 2.24) is 0 Å². The zero-order chi connectivity index (χ0) is 4.24. The molecule has 44 valence electrons. The van der Waals surface area contributed by atoms with Crippen LogP contribution in [0, 0.1) is 6.61 Å². The van der Waals surface area contributed by atoms with Crippen molar-refractivity contribution in [3.05, 3.63) is 6.61 Å². The van der Waals surface area contributed by atoms with Crippen molar-refractivity contribution in [2.75, 3.05) is 6.61 Å². The van der Waals surface area contributed by atoms with Crippen LogP contribution in [0.4, 0.5) is 0 Å². The van der Waals surface area contributed by atoms with Crippen LogP contribution in [-0.4, -0.2) is 6.61 Å². The Bertz CT molecular complexity index is 27.9. The van der Waals surface area contributed by atoms with Crippen molar-refractivity contribution < 1.29 is 48.2 Å². The van der Waals surface area contributed by atoms with Crippen molar-refractivity contribution >= 4 is 0 Å². The SMILES string of the molecule is [CH-]1CCCCO1.[I-].[Zn+2]. The van der Waals surface area contributed by atoms with E-state index >= 15 is 0 Å². The quantitative estimate of drug-likeness (QED) is 0.293. The van der Waals surface area contributed by atoms with Gasteiger partial charge in [0, 0.05) is 6.61 Å². The first-order chi connectivity index (χ1) is 3.00. The molecule has 3 heteroatoms. The molecule has 1 heterocycles. The molecule has 0 radical (unpaired) electrons. The Morgan fingerprint density at radius 3 is 2.12 bits per heavy atom. The molecule has 0 aromatic rings. The first-order valence-electron chi connectivity index (χ1n) is 2.43. The molecule has 1 nitrogen and oxygen atoms in total. The van der Waals surface area contributed by atoms with Gasteiger partial charge in [-0.25, -0.2) is 6.61 Å². The van der Waals surface area contributed by atoms with E-state index in [-0.39, 0.29) is 43.5 Å². The molecule has 1 saturated heterocycles. The van der Waals surface area contributed by atoms with E-state index in [1.165, 1.54) is 12.8 Å². The summed E-state index contributed by atoms with van der Waals surface area (Å²) in [5, 5.41) is 0. The summed E-state index contributed by atoms with van der Waals surface area (Å²) in [5.74, 6) is 0. The Morgan fingerprint density at radius 2 is 2.00 bits per heavy atom. The molecule has 0 aliphatic carbocycles. The van der Waals surface area contributed by atoms with Gasteiger partial charge < -0.3 is 28.7 Å². The fraction of sp³-hybridized carbons (Fsp3) is 0.800. The van der Waals surface area contributed by atoms with Gasteiger partial charge in [-0.1, -0.05) is 6.42 Å². The number of hydrogen-bond donors (Lipinski definition) is 0. The molecule has 0 bridgehead atoms. The molecular weight excluding hydrogens is 268 g/mol. The maximum absolute atomic E-state index is 4.94. The van der Waals surface area contributed by atoms with E-state index in [4.69, 9.17) is 4.74 Å². The van der Waals surface area contributed by atoms with Crippen LogP contribution in [-0.2, 0) is 24.2 Å². The maximum atomic E-state index is 4.94. The first kappa shape index (κ1) is 12.0. The Morgan fingerprint density at radius 1 is 1.25 bits per heavy atom. The molecule has 1 rings (SSSR count). The van der Waals surface area contributed by atoms with Gasteiger partial charge in [0.15, 0.2) is 0 Å². The van der Waals surface area contributed by atoms with Gasteiger partial charge in [-0.3, -0.25) is 0 Å². The van der Waals surface area contributed by atoms with Crippen LogP contribution in [0.25, 0.3) is 0 Å². The smallest absolute Gasteiger partial charge is 1.00 e. The number of rotatable bonds is 0. The van der Waals surface area contributed by atoms with Crippen LogP contribution >= 0.6 is 0 Å². The summed E-state index contributed by atoms with van der Waals surface area (Å²) >= 11 is 0. The Balaban J connectivity index is 0. The zero-order valence-electron chi connectivity index (χ0n) is 4.90. The molecule has 0 aromatic carbocycles. The van der Waals surface area contributed by atoms with Gasteiger partial charge in [-0.2, -0.15) is 6.42 Å². The third-order valence-corrected chi connectivity index (χ3v) is 0.952. The van der Waals surface area contributed by atoms with E-state index < -0.39 is 0 Å². The second kappa shape index (κ2) is 8.31. The molecule has 1 aliphatic rings. The zero-order valence-corrected chi connectivity index (χ0v) is 10.0. The summed E-state index contributed by atoms with van der Waals surface area (Å²) < 4.78 is 4.94. The minimum Gasteiger partial charge on any atom is -1.00 e. The average Bonchev–Trinajstić information content (AvgIpc) is 1.72. The fourth-order valence-electron chi connectivity index (χ4n) is 0.580. The number of ether oxygens (including phenoxy) is 1. The van der Waals surface area contributed by atoms with Gasteiger partial charge in [0.2, 0.25) is 0 Å². The van der Waals surface area contributed by atoms with E-state index in [0.29, 0.717) is 0 Å². The van der Waals surface area contributed by atoms with Gasteiger partial charge >= 0.3 is 19.5 Å². The van der Waals surface area contributed by atoms with E-state index in [1.54, 1.807) is 0 Å². The molecule has 0 saturated carbocycles. The second-order valence-corrected chi connectivity index (χ2v) is 1.53. The third kappa shape index (κ3) is 5.45. The summed E-state index contributed by atoms with van der Waals surface area (Å²) in [6.07, 6.45) is 3.72. The largest absolute Gasteiger partial charge is 2.00 e. The minimum atomic E-state index is 0. The Hall–Kier alpha value is 1.31. The van der Waals surface area contributed by atoms with E-state index in [9.17, 15) is 0 Å². The van der Waals surface area contributed by atoms with Gasteiger partial charge in [-0.15, -0.1) is 0 Å². The molecule has 0 spiro atoms. The Kier molecular flexibility index (Phi) is 12.5. The standard InChI is InChI=1S/C5H9O.HI.Zn/c1-2-4-6-5-3-1;;/h4H,1-3,5H2;1H;/q-1;;+2/p-1. The molecule has 8 heavy (non-hydrogen) atoms. The van der Waals surface area contributed by atoms with Crippen molar-refractivity contribution in [1.29, 1.82) is 0 Å². The van der Waals surface area contributed by atoms with Crippen molar-refractivity contribution in [3.8, 4) is 0 Å².